The van der Waals surface area contributed by atoms with E-state index in [9.17, 15) is 8.42 Å². The number of hydrogen-bond donors (Lipinski definition) is 4. The minimum absolute atomic E-state index is 0.210. The van der Waals surface area contributed by atoms with E-state index in [0.29, 0.717) is 12.4 Å². The van der Waals surface area contributed by atoms with Crippen molar-refractivity contribution in [3.8, 4) is 22.6 Å². The lowest BCUT2D eigenvalue weighted by atomic mass is 10.1. The van der Waals surface area contributed by atoms with Crippen molar-refractivity contribution in [3.05, 3.63) is 84.2 Å². The van der Waals surface area contributed by atoms with Crippen LogP contribution in [0.1, 0.15) is 17.1 Å². The van der Waals surface area contributed by atoms with Gasteiger partial charge in [-0.05, 0) is 42.8 Å². The van der Waals surface area contributed by atoms with Gasteiger partial charge in [0.1, 0.15) is 12.2 Å². The van der Waals surface area contributed by atoms with E-state index in [-0.39, 0.29) is 6.54 Å². The van der Waals surface area contributed by atoms with Gasteiger partial charge in [0.25, 0.3) is 0 Å². The molecule has 0 aliphatic carbocycles. The van der Waals surface area contributed by atoms with Gasteiger partial charge in [-0.1, -0.05) is 24.3 Å². The fraction of sp³-hybridized carbons (Fsp3) is 0.130. The van der Waals surface area contributed by atoms with Crippen molar-refractivity contribution in [2.45, 2.75) is 20.0 Å². The Kier molecular flexibility index (Phi) is 6.02. The normalized spacial score (nSPS) is 11.4. The number of fused-ring (bicyclic) bond motifs is 1. The van der Waals surface area contributed by atoms with Crippen molar-refractivity contribution < 1.29 is 8.42 Å². The Balaban J connectivity index is 1.49. The van der Waals surface area contributed by atoms with Gasteiger partial charge in [-0.2, -0.15) is 5.10 Å². The summed E-state index contributed by atoms with van der Waals surface area (Å²) in [6.45, 7) is 2.57. The van der Waals surface area contributed by atoms with Gasteiger partial charge in [0.05, 0.1) is 23.6 Å². The number of aryl methyl sites for hydroxylation is 1. The van der Waals surface area contributed by atoms with Crippen molar-refractivity contribution in [2.24, 2.45) is 0 Å². The summed E-state index contributed by atoms with van der Waals surface area (Å²) in [6.07, 6.45) is 3.40. The average molecular weight is 475 g/mol. The maximum atomic E-state index is 10.9. The summed E-state index contributed by atoms with van der Waals surface area (Å²) in [5.74, 6) is 0.713. The lowest BCUT2D eigenvalue weighted by Gasteiger charge is -2.10. The Hall–Kier alpha value is -4.09. The van der Waals surface area contributed by atoms with E-state index in [2.05, 4.69) is 30.1 Å². The van der Waals surface area contributed by atoms with Crippen molar-refractivity contribution in [2.75, 3.05) is 5.32 Å². The zero-order valence-electron chi connectivity index (χ0n) is 18.3. The molecule has 0 saturated heterocycles. The quantitative estimate of drug-likeness (QED) is 0.254. The van der Waals surface area contributed by atoms with Gasteiger partial charge in [0.15, 0.2) is 5.65 Å². The Morgan fingerprint density at radius 2 is 1.88 bits per heavy atom. The number of anilines is 1. The number of aromatic nitrogens is 6. The molecule has 4 aromatic heterocycles. The molecule has 0 saturated carbocycles. The van der Waals surface area contributed by atoms with Crippen molar-refractivity contribution in [3.63, 3.8) is 0 Å². The minimum Gasteiger partial charge on any atom is -0.378 e. The van der Waals surface area contributed by atoms with Crippen LogP contribution in [0.4, 0.5) is 5.69 Å². The molecular weight excluding hydrogens is 452 g/mol. The van der Waals surface area contributed by atoms with E-state index in [1.807, 2.05) is 67.7 Å². The molecular formula is C23H22N8O2S. The average Bonchev–Trinajstić information content (AvgIpc) is 3.48. The summed E-state index contributed by atoms with van der Waals surface area (Å²) >= 11 is 0. The first kappa shape index (κ1) is 21.7. The lowest BCUT2D eigenvalue weighted by molar-refractivity contribution is 0.601. The first-order valence-electron chi connectivity index (χ1n) is 10.6. The monoisotopic (exact) mass is 474 g/mol. The third-order valence-corrected chi connectivity index (χ3v) is 5.72. The molecule has 0 fully saturated rings. The number of aromatic amines is 1. The van der Waals surface area contributed by atoms with Gasteiger partial charge in [0, 0.05) is 29.7 Å². The Morgan fingerprint density at radius 3 is 2.74 bits per heavy atom. The van der Waals surface area contributed by atoms with Crippen LogP contribution in [0, 0.1) is 6.92 Å². The first-order chi connectivity index (χ1) is 16.6. The molecule has 11 heteroatoms. The Bertz CT molecular complexity index is 1530. The molecule has 5 rings (SSSR count). The number of para-hydroxylation sites is 1. The molecule has 0 aliphatic heterocycles. The molecule has 5 aromatic rings. The number of imidazole rings is 1. The van der Waals surface area contributed by atoms with E-state index in [0.717, 1.165) is 45.2 Å². The number of nitrogens with one attached hydrogen (secondary N) is 3. The summed E-state index contributed by atoms with van der Waals surface area (Å²) in [6, 6.07) is 17.3. The van der Waals surface area contributed by atoms with Crippen LogP contribution in [-0.4, -0.2) is 38.0 Å². The van der Waals surface area contributed by atoms with Gasteiger partial charge in [-0.25, -0.2) is 27.6 Å². The van der Waals surface area contributed by atoms with Gasteiger partial charge in [-0.3, -0.25) is 4.98 Å². The number of rotatable bonds is 8. The van der Waals surface area contributed by atoms with Crippen LogP contribution in [0.2, 0.25) is 0 Å². The Morgan fingerprint density at radius 1 is 1.00 bits per heavy atom. The third-order valence-electron chi connectivity index (χ3n) is 5.31. The summed E-state index contributed by atoms with van der Waals surface area (Å²) in [4.78, 5) is 17.2. The van der Waals surface area contributed by atoms with E-state index >= 15 is 0 Å². The SMILES string of the molecule is Cc1cccc(-c2[nH]c(CNc3ccccc3CN[SH](=O)=O)nc2-c2ccc3ncnn3c2)n1. The van der Waals surface area contributed by atoms with E-state index in [1.165, 1.54) is 6.33 Å². The molecule has 0 amide bonds. The highest BCUT2D eigenvalue weighted by Gasteiger charge is 2.16. The minimum atomic E-state index is -2.67. The molecule has 1 aromatic carbocycles. The third kappa shape index (κ3) is 4.65. The van der Waals surface area contributed by atoms with Gasteiger partial charge < -0.3 is 10.3 Å². The number of hydrogen-bond acceptors (Lipinski definition) is 7. The largest absolute Gasteiger partial charge is 0.378 e. The van der Waals surface area contributed by atoms with Crippen LogP contribution in [0.5, 0.6) is 0 Å². The van der Waals surface area contributed by atoms with Crippen LogP contribution >= 0.6 is 0 Å². The fourth-order valence-corrected chi connectivity index (χ4v) is 4.01. The maximum Gasteiger partial charge on any atom is 0.201 e. The Labute approximate surface area is 197 Å². The summed E-state index contributed by atoms with van der Waals surface area (Å²) in [5, 5.41) is 7.59. The second-order valence-corrected chi connectivity index (χ2v) is 8.49. The zero-order valence-corrected chi connectivity index (χ0v) is 19.2. The van der Waals surface area contributed by atoms with Crippen LogP contribution in [-0.2, 0) is 24.0 Å². The van der Waals surface area contributed by atoms with Crippen molar-refractivity contribution >= 4 is 22.2 Å². The predicted molar refractivity (Wildman–Crippen MR) is 129 cm³/mol. The van der Waals surface area contributed by atoms with E-state index < -0.39 is 10.9 Å². The molecule has 34 heavy (non-hydrogen) atoms. The lowest BCUT2D eigenvalue weighted by Crippen LogP contribution is -2.12. The van der Waals surface area contributed by atoms with Gasteiger partial charge in [0.2, 0.25) is 10.9 Å². The second kappa shape index (κ2) is 9.41. The zero-order chi connectivity index (χ0) is 23.5. The van der Waals surface area contributed by atoms with Crippen molar-refractivity contribution in [1.29, 1.82) is 0 Å². The molecule has 10 nitrogen and oxygen atoms in total. The summed E-state index contributed by atoms with van der Waals surface area (Å²) in [5.41, 5.74) is 6.54. The molecule has 172 valence electrons. The van der Waals surface area contributed by atoms with Gasteiger partial charge in [-0.15, -0.1) is 0 Å². The second-order valence-electron chi connectivity index (χ2n) is 7.65. The molecule has 0 atom stereocenters. The van der Waals surface area contributed by atoms with Crippen LogP contribution in [0.3, 0.4) is 0 Å². The fourth-order valence-electron chi connectivity index (χ4n) is 3.72. The molecule has 0 aliphatic rings. The molecule has 4 heterocycles. The first-order valence-corrected chi connectivity index (χ1v) is 11.8. The number of H-pyrrole nitrogens is 1. The van der Waals surface area contributed by atoms with E-state index in [1.54, 1.807) is 4.52 Å². The predicted octanol–water partition coefficient (Wildman–Crippen LogP) is 2.72. The highest BCUT2D eigenvalue weighted by molar-refractivity contribution is 7.70. The van der Waals surface area contributed by atoms with Crippen LogP contribution in [0.15, 0.2) is 67.1 Å². The maximum absolute atomic E-state index is 10.9. The number of thiol groups is 1. The van der Waals surface area contributed by atoms with Crippen molar-refractivity contribution in [1.82, 2.24) is 34.3 Å². The molecule has 0 radical (unpaired) electrons. The molecule has 0 unspecified atom stereocenters. The van der Waals surface area contributed by atoms with E-state index in [4.69, 9.17) is 4.98 Å². The molecule has 0 bridgehead atoms. The summed E-state index contributed by atoms with van der Waals surface area (Å²) < 4.78 is 26.0. The van der Waals surface area contributed by atoms with Crippen LogP contribution < -0.4 is 10.0 Å². The number of benzene rings is 1. The topological polar surface area (TPSA) is 130 Å². The van der Waals surface area contributed by atoms with Crippen LogP contribution in [0.25, 0.3) is 28.3 Å². The number of nitrogens with zero attached hydrogens (tertiary/aromatic N) is 5. The highest BCUT2D eigenvalue weighted by atomic mass is 32.2. The smallest absolute Gasteiger partial charge is 0.201 e. The highest BCUT2D eigenvalue weighted by Crippen LogP contribution is 2.30. The standard InChI is InChI=1S/C23H22N8O2S/c1-15-5-4-8-19(28-15)23-22(17-9-10-21-25-14-26-31(21)13-17)29-20(30-23)12-24-18-7-3-2-6-16(18)11-27-34(32)33/h2-10,13-14,24,34H,11-12H2,1H3,(H,29,30)(H,27,32,33). The molecule has 3 N–H and O–H groups in total. The molecule has 0 spiro atoms. The summed E-state index contributed by atoms with van der Waals surface area (Å²) in [7, 11) is -2.67. The van der Waals surface area contributed by atoms with Gasteiger partial charge >= 0.3 is 0 Å². The number of pyridine rings is 2.